The van der Waals surface area contributed by atoms with Gasteiger partial charge in [-0.25, -0.2) is 4.39 Å². The standard InChI is InChI=1S/C15H13ClFNO.C7H15NO2.2CH2O/c1-9-3-5-12(8-13(9)16)18-15(19)11-4-6-14(17)10(2)7-11;1-8-4-2-3-6(9)7(10)5-8;2*1-2/h3-8H,1-2H3,(H,18,19);6-7,9-10H,2-5H2,1H3;2*1H2. The zero-order valence-corrected chi connectivity index (χ0v) is 19.9. The molecule has 2 unspecified atom stereocenters. The number of aliphatic hydroxyl groups is 2. The summed E-state index contributed by atoms with van der Waals surface area (Å²) in [7, 11) is 1.96. The number of aliphatic hydroxyl groups excluding tert-OH is 2. The molecule has 0 spiro atoms. The van der Waals surface area contributed by atoms with Crippen molar-refractivity contribution >= 4 is 36.8 Å². The van der Waals surface area contributed by atoms with Crippen molar-refractivity contribution in [1.82, 2.24) is 4.90 Å². The van der Waals surface area contributed by atoms with Gasteiger partial charge in [-0.1, -0.05) is 17.7 Å². The van der Waals surface area contributed by atoms with Gasteiger partial charge in [0.1, 0.15) is 19.4 Å². The minimum atomic E-state index is -0.549. The van der Waals surface area contributed by atoms with E-state index in [0.29, 0.717) is 28.4 Å². The molecule has 1 saturated heterocycles. The van der Waals surface area contributed by atoms with E-state index in [4.69, 9.17) is 21.2 Å². The number of halogens is 2. The smallest absolute Gasteiger partial charge is 0.255 e. The van der Waals surface area contributed by atoms with Gasteiger partial charge in [-0.2, -0.15) is 0 Å². The van der Waals surface area contributed by atoms with Crippen molar-refractivity contribution in [3.63, 3.8) is 0 Å². The molecule has 1 heterocycles. The maximum Gasteiger partial charge on any atom is 0.255 e. The van der Waals surface area contributed by atoms with Crippen molar-refractivity contribution in [2.75, 3.05) is 25.5 Å². The molecule has 9 heteroatoms. The van der Waals surface area contributed by atoms with Crippen LogP contribution in [0.15, 0.2) is 36.4 Å². The number of hydrogen-bond acceptors (Lipinski definition) is 6. The molecule has 0 radical (unpaired) electrons. The van der Waals surface area contributed by atoms with E-state index < -0.39 is 12.2 Å². The summed E-state index contributed by atoms with van der Waals surface area (Å²) >= 11 is 5.99. The Morgan fingerprint density at radius 2 is 1.70 bits per heavy atom. The number of nitrogens with zero attached hydrogens (tertiary/aromatic N) is 1. The topological polar surface area (TPSA) is 107 Å². The highest BCUT2D eigenvalue weighted by atomic mass is 35.5. The number of rotatable bonds is 2. The molecule has 2 aromatic carbocycles. The van der Waals surface area contributed by atoms with Crippen LogP contribution >= 0.6 is 11.6 Å². The number of hydrogen-bond donors (Lipinski definition) is 3. The highest BCUT2D eigenvalue weighted by Crippen LogP contribution is 2.20. The fourth-order valence-electron chi connectivity index (χ4n) is 2.95. The Morgan fingerprint density at radius 3 is 2.27 bits per heavy atom. The van der Waals surface area contributed by atoms with Crippen LogP contribution in [0, 0.1) is 19.7 Å². The van der Waals surface area contributed by atoms with Crippen LogP contribution in [0.2, 0.25) is 5.02 Å². The molecule has 1 aliphatic heterocycles. The van der Waals surface area contributed by atoms with Gasteiger partial charge in [-0.3, -0.25) is 4.79 Å². The van der Waals surface area contributed by atoms with Crippen LogP contribution in [-0.4, -0.2) is 66.9 Å². The van der Waals surface area contributed by atoms with Crippen molar-refractivity contribution in [3.05, 3.63) is 63.9 Å². The van der Waals surface area contributed by atoms with Crippen LogP contribution in [0.5, 0.6) is 0 Å². The number of anilines is 1. The van der Waals surface area contributed by atoms with Gasteiger partial charge >= 0.3 is 0 Å². The van der Waals surface area contributed by atoms with Gasteiger partial charge in [-0.05, 0) is 81.7 Å². The van der Waals surface area contributed by atoms with E-state index in [0.717, 1.165) is 24.9 Å². The Kier molecular flexibility index (Phi) is 14.8. The van der Waals surface area contributed by atoms with Gasteiger partial charge < -0.3 is 30.0 Å². The molecule has 0 aromatic heterocycles. The number of carbonyl (C=O) groups is 3. The number of nitrogens with one attached hydrogen (secondary N) is 1. The van der Waals surface area contributed by atoms with Gasteiger partial charge in [0, 0.05) is 22.8 Å². The lowest BCUT2D eigenvalue weighted by Gasteiger charge is -2.17. The Bertz CT molecular complexity index is 882. The minimum Gasteiger partial charge on any atom is -0.390 e. The third-order valence-electron chi connectivity index (χ3n) is 4.83. The molecule has 1 fully saturated rings. The molecule has 3 rings (SSSR count). The lowest BCUT2D eigenvalue weighted by Crippen LogP contribution is -2.33. The third kappa shape index (κ3) is 10.7. The first-order valence-corrected chi connectivity index (χ1v) is 10.5. The molecular weight excluding hydrogens is 451 g/mol. The first kappa shape index (κ1) is 30.4. The minimum absolute atomic E-state index is 0.289. The predicted molar refractivity (Wildman–Crippen MR) is 128 cm³/mol. The first-order valence-electron chi connectivity index (χ1n) is 10.1. The highest BCUT2D eigenvalue weighted by molar-refractivity contribution is 6.31. The number of β-amino-alcohol motifs (C(OH)–C–C–N with tert-alkyl or cyclic N) is 1. The SMILES string of the molecule is C=O.C=O.CN1CCCC(O)C(O)C1.Cc1cc(C(=O)Nc2ccc(C)c(Cl)c2)ccc1F. The second-order valence-corrected chi connectivity index (χ2v) is 7.83. The number of amides is 1. The summed E-state index contributed by atoms with van der Waals surface area (Å²) in [6.45, 7) is 9.08. The summed E-state index contributed by atoms with van der Waals surface area (Å²) in [4.78, 5) is 30.0. The monoisotopic (exact) mass is 482 g/mol. The van der Waals surface area contributed by atoms with Crippen molar-refractivity contribution in [2.45, 2.75) is 38.9 Å². The normalized spacial score (nSPS) is 17.5. The molecule has 1 aliphatic rings. The second-order valence-electron chi connectivity index (χ2n) is 7.42. The molecular formula is C24H32ClFN2O5. The maximum atomic E-state index is 13.1. The van der Waals surface area contributed by atoms with Crippen LogP contribution < -0.4 is 5.32 Å². The van der Waals surface area contributed by atoms with Crippen molar-refractivity contribution < 1.29 is 29.0 Å². The van der Waals surface area contributed by atoms with Gasteiger partial charge in [0.15, 0.2) is 0 Å². The van der Waals surface area contributed by atoms with E-state index in [1.807, 2.05) is 38.5 Å². The molecule has 0 bridgehead atoms. The molecule has 3 N–H and O–H groups in total. The summed E-state index contributed by atoms with van der Waals surface area (Å²) < 4.78 is 13.1. The van der Waals surface area contributed by atoms with Crippen molar-refractivity contribution in [3.8, 4) is 0 Å². The van der Waals surface area contributed by atoms with Crippen LogP contribution in [0.25, 0.3) is 0 Å². The molecule has 2 aromatic rings. The van der Waals surface area contributed by atoms with E-state index in [1.165, 1.54) is 18.2 Å². The molecule has 33 heavy (non-hydrogen) atoms. The summed E-state index contributed by atoms with van der Waals surface area (Å²) in [5.41, 5.74) is 2.41. The van der Waals surface area contributed by atoms with E-state index in [2.05, 4.69) is 5.32 Å². The first-order chi connectivity index (χ1) is 15.7. The van der Waals surface area contributed by atoms with E-state index >= 15 is 0 Å². The van der Waals surface area contributed by atoms with E-state index in [9.17, 15) is 19.4 Å². The summed E-state index contributed by atoms with van der Waals surface area (Å²) in [5.74, 6) is -0.613. The van der Waals surface area contributed by atoms with Gasteiger partial charge in [-0.15, -0.1) is 0 Å². The lowest BCUT2D eigenvalue weighted by molar-refractivity contribution is -0.0987. The van der Waals surface area contributed by atoms with E-state index in [1.54, 1.807) is 19.1 Å². The number of benzene rings is 2. The zero-order chi connectivity index (χ0) is 25.6. The Labute approximate surface area is 199 Å². The van der Waals surface area contributed by atoms with Crippen molar-refractivity contribution in [2.24, 2.45) is 0 Å². The van der Waals surface area contributed by atoms with E-state index in [-0.39, 0.29) is 11.7 Å². The average molecular weight is 483 g/mol. The number of likely N-dealkylation sites (N-methyl/N-ethyl adjacent to an activating group) is 1. The predicted octanol–water partition coefficient (Wildman–Crippen LogP) is 3.41. The van der Waals surface area contributed by atoms with Crippen LogP contribution in [0.1, 0.15) is 34.3 Å². The molecule has 2 atom stereocenters. The average Bonchev–Trinajstić information content (AvgIpc) is 2.95. The lowest BCUT2D eigenvalue weighted by atomic mass is 10.1. The fraction of sp³-hybridized carbons (Fsp3) is 0.375. The fourth-order valence-corrected chi connectivity index (χ4v) is 3.14. The Hall–Kier alpha value is -2.65. The largest absolute Gasteiger partial charge is 0.390 e. The quantitative estimate of drug-likeness (QED) is 0.605. The summed E-state index contributed by atoms with van der Waals surface area (Å²) in [6.07, 6.45) is 0.651. The van der Waals surface area contributed by atoms with Crippen molar-refractivity contribution in [1.29, 1.82) is 0 Å². The van der Waals surface area contributed by atoms with Crippen LogP contribution in [0.4, 0.5) is 10.1 Å². The molecule has 0 aliphatic carbocycles. The number of carbonyl (C=O) groups excluding carboxylic acids is 3. The molecule has 0 saturated carbocycles. The number of aryl methyl sites for hydroxylation is 2. The highest BCUT2D eigenvalue weighted by Gasteiger charge is 2.20. The molecule has 182 valence electrons. The third-order valence-corrected chi connectivity index (χ3v) is 5.24. The van der Waals surface area contributed by atoms with Gasteiger partial charge in [0.2, 0.25) is 0 Å². The van der Waals surface area contributed by atoms with Gasteiger partial charge in [0.05, 0.1) is 12.2 Å². The number of likely N-dealkylation sites (tertiary alicyclic amines) is 1. The Balaban J connectivity index is 0.000000617. The van der Waals surface area contributed by atoms with Crippen LogP contribution in [0.3, 0.4) is 0 Å². The summed E-state index contributed by atoms with van der Waals surface area (Å²) in [5, 5.41) is 21.8. The Morgan fingerprint density at radius 1 is 1.06 bits per heavy atom. The maximum absolute atomic E-state index is 13.1. The van der Waals surface area contributed by atoms with Gasteiger partial charge in [0.25, 0.3) is 5.91 Å². The zero-order valence-electron chi connectivity index (χ0n) is 19.2. The second kappa shape index (κ2) is 16.0. The summed E-state index contributed by atoms with van der Waals surface area (Å²) in [6, 6.07) is 9.54. The molecule has 7 nitrogen and oxygen atoms in total. The van der Waals surface area contributed by atoms with Crippen LogP contribution in [-0.2, 0) is 9.59 Å². The molecule has 1 amide bonds.